The summed E-state index contributed by atoms with van der Waals surface area (Å²) in [6.07, 6.45) is -6.71. The fraction of sp³-hybridized carbons (Fsp3) is 1.00. The topological polar surface area (TPSA) is 154 Å². The normalized spacial score (nSPS) is 43.6. The van der Waals surface area contributed by atoms with Crippen LogP contribution >= 0.6 is 0 Å². The summed E-state index contributed by atoms with van der Waals surface area (Å²) in [7, 11) is -4.95. The molecule has 0 aromatic heterocycles. The third kappa shape index (κ3) is 3.11. The van der Waals surface area contributed by atoms with E-state index >= 15 is 0 Å². The second-order valence-corrected chi connectivity index (χ2v) is 4.81. The molecule has 1 fully saturated rings. The molecule has 1 rings (SSSR count). The predicted molar refractivity (Wildman–Crippen MR) is 51.0 cm³/mol. The first-order valence-corrected chi connectivity index (χ1v) is 5.98. The molecule has 0 saturated carbocycles. The van der Waals surface area contributed by atoms with E-state index in [0.717, 1.165) is 6.92 Å². The van der Waals surface area contributed by atoms with Gasteiger partial charge in [0, 0.05) is 0 Å². The molecule has 1 saturated heterocycles. The first-order chi connectivity index (χ1) is 7.60. The summed E-state index contributed by atoms with van der Waals surface area (Å²) in [4.78, 5) is 0. The van der Waals surface area contributed by atoms with E-state index in [1.165, 1.54) is 0 Å². The van der Waals surface area contributed by atoms with Crippen molar-refractivity contribution in [3.05, 3.63) is 0 Å². The third-order valence-electron chi connectivity index (χ3n) is 2.43. The van der Waals surface area contributed by atoms with Crippen molar-refractivity contribution in [2.75, 3.05) is 6.61 Å². The summed E-state index contributed by atoms with van der Waals surface area (Å²) in [6.45, 7) is 0.193. The Morgan fingerprint density at radius 3 is 2.24 bits per heavy atom. The van der Waals surface area contributed by atoms with Crippen LogP contribution in [0.15, 0.2) is 0 Å². The van der Waals surface area contributed by atoms with Gasteiger partial charge in [0.25, 0.3) is 0 Å². The zero-order valence-electron chi connectivity index (χ0n) is 8.79. The minimum atomic E-state index is -4.95. The SMILES string of the molecule is CC1(OS(=O)(=O)O)O[C@H](CO)[C@H](O)[C@H](O)[C@H]1O. The van der Waals surface area contributed by atoms with Gasteiger partial charge in [-0.25, -0.2) is 4.18 Å². The molecule has 5 N–H and O–H groups in total. The zero-order valence-corrected chi connectivity index (χ0v) is 9.61. The van der Waals surface area contributed by atoms with Gasteiger partial charge in [0.05, 0.1) is 6.61 Å². The van der Waals surface area contributed by atoms with Crippen LogP contribution in [-0.2, 0) is 19.3 Å². The first-order valence-electron chi connectivity index (χ1n) is 4.61. The van der Waals surface area contributed by atoms with E-state index in [2.05, 4.69) is 4.18 Å². The van der Waals surface area contributed by atoms with Gasteiger partial charge in [0.2, 0.25) is 5.79 Å². The molecule has 0 amide bonds. The summed E-state index contributed by atoms with van der Waals surface area (Å²) in [5.74, 6) is -2.31. The number of aliphatic hydroxyl groups is 4. The molecule has 1 aliphatic heterocycles. The number of hydrogen-bond acceptors (Lipinski definition) is 8. The maximum absolute atomic E-state index is 10.6. The molecule has 1 unspecified atom stereocenters. The lowest BCUT2D eigenvalue weighted by molar-refractivity contribution is -0.330. The van der Waals surface area contributed by atoms with Crippen molar-refractivity contribution in [3.8, 4) is 0 Å². The number of aliphatic hydroxyl groups excluding tert-OH is 4. The molecular weight excluding hydrogens is 260 g/mol. The van der Waals surface area contributed by atoms with Crippen LogP contribution in [0.3, 0.4) is 0 Å². The maximum atomic E-state index is 10.6. The van der Waals surface area contributed by atoms with Crippen LogP contribution in [0.25, 0.3) is 0 Å². The maximum Gasteiger partial charge on any atom is 0.400 e. The van der Waals surface area contributed by atoms with Crippen molar-refractivity contribution < 1.29 is 42.3 Å². The van der Waals surface area contributed by atoms with Gasteiger partial charge in [0.1, 0.15) is 24.4 Å². The smallest absolute Gasteiger partial charge is 0.394 e. The molecule has 10 heteroatoms. The van der Waals surface area contributed by atoms with Crippen LogP contribution in [0.1, 0.15) is 6.92 Å². The fourth-order valence-corrected chi connectivity index (χ4v) is 2.14. The van der Waals surface area contributed by atoms with Crippen molar-refractivity contribution in [2.24, 2.45) is 0 Å². The Balaban J connectivity index is 2.99. The molecular formula is C7H14O9S. The number of rotatable bonds is 3. The standard InChI is InChI=1S/C7H14O9S/c1-7(16-17(12,13)14)6(11)5(10)4(9)3(2-8)15-7/h3-6,8-11H,2H2,1H3,(H,12,13,14)/t3-,4+,5+,6-,7?/m1/s1. The van der Waals surface area contributed by atoms with Gasteiger partial charge in [-0.1, -0.05) is 0 Å². The molecule has 5 atom stereocenters. The highest BCUT2D eigenvalue weighted by Gasteiger charge is 2.53. The van der Waals surface area contributed by atoms with E-state index in [0.29, 0.717) is 0 Å². The van der Waals surface area contributed by atoms with Gasteiger partial charge < -0.3 is 25.2 Å². The summed E-state index contributed by atoms with van der Waals surface area (Å²) in [5, 5.41) is 37.2. The van der Waals surface area contributed by atoms with Crippen molar-refractivity contribution in [1.29, 1.82) is 0 Å². The largest absolute Gasteiger partial charge is 0.400 e. The van der Waals surface area contributed by atoms with Gasteiger partial charge in [0.15, 0.2) is 0 Å². The molecule has 0 aliphatic carbocycles. The number of hydrogen-bond donors (Lipinski definition) is 5. The second kappa shape index (κ2) is 4.74. The van der Waals surface area contributed by atoms with Crippen LogP contribution < -0.4 is 0 Å². The average molecular weight is 274 g/mol. The Kier molecular flexibility index (Phi) is 4.11. The molecule has 9 nitrogen and oxygen atoms in total. The van der Waals surface area contributed by atoms with Crippen molar-refractivity contribution in [2.45, 2.75) is 37.1 Å². The Bertz CT molecular complexity index is 366. The van der Waals surface area contributed by atoms with E-state index in [1.807, 2.05) is 0 Å². The molecule has 1 heterocycles. The molecule has 0 radical (unpaired) electrons. The summed E-state index contributed by atoms with van der Waals surface area (Å²) < 4.78 is 38.6. The average Bonchev–Trinajstić information content (AvgIpc) is 2.18. The highest BCUT2D eigenvalue weighted by atomic mass is 32.3. The Morgan fingerprint density at radius 1 is 1.29 bits per heavy atom. The lowest BCUT2D eigenvalue weighted by atomic mass is 9.94. The third-order valence-corrected chi connectivity index (χ3v) is 2.97. The Labute approximate surface area is 97.2 Å². The first kappa shape index (κ1) is 14.7. The van der Waals surface area contributed by atoms with Gasteiger partial charge in [-0.05, 0) is 6.92 Å². The van der Waals surface area contributed by atoms with Crippen LogP contribution in [-0.4, -0.2) is 70.2 Å². The van der Waals surface area contributed by atoms with Gasteiger partial charge >= 0.3 is 10.4 Å². The Morgan fingerprint density at radius 2 is 1.82 bits per heavy atom. The van der Waals surface area contributed by atoms with Gasteiger partial charge in [-0.2, -0.15) is 8.42 Å². The molecule has 17 heavy (non-hydrogen) atoms. The molecule has 1 aliphatic rings. The molecule has 0 aromatic carbocycles. The lowest BCUT2D eigenvalue weighted by Crippen LogP contribution is -2.65. The quantitative estimate of drug-likeness (QED) is 0.338. The summed E-state index contributed by atoms with van der Waals surface area (Å²) >= 11 is 0. The van der Waals surface area contributed by atoms with Crippen LogP contribution in [0.5, 0.6) is 0 Å². The lowest BCUT2D eigenvalue weighted by Gasteiger charge is -2.44. The summed E-state index contributed by atoms with van der Waals surface area (Å²) in [6, 6.07) is 0. The second-order valence-electron chi connectivity index (χ2n) is 3.79. The fourth-order valence-electron chi connectivity index (χ4n) is 1.58. The van der Waals surface area contributed by atoms with Crippen LogP contribution in [0.2, 0.25) is 0 Å². The number of ether oxygens (including phenoxy) is 1. The van der Waals surface area contributed by atoms with Crippen molar-refractivity contribution in [3.63, 3.8) is 0 Å². The van der Waals surface area contributed by atoms with E-state index in [4.69, 9.17) is 14.4 Å². The van der Waals surface area contributed by atoms with Gasteiger partial charge in [-0.3, -0.25) is 4.55 Å². The molecule has 0 bridgehead atoms. The van der Waals surface area contributed by atoms with Crippen LogP contribution in [0.4, 0.5) is 0 Å². The van der Waals surface area contributed by atoms with E-state index in [-0.39, 0.29) is 0 Å². The van der Waals surface area contributed by atoms with E-state index < -0.39 is 47.2 Å². The monoisotopic (exact) mass is 274 g/mol. The Hall–Kier alpha value is -0.330. The minimum Gasteiger partial charge on any atom is -0.394 e. The van der Waals surface area contributed by atoms with E-state index in [1.54, 1.807) is 0 Å². The highest BCUT2D eigenvalue weighted by Crippen LogP contribution is 2.31. The predicted octanol–water partition coefficient (Wildman–Crippen LogP) is -3.00. The molecule has 102 valence electrons. The summed E-state index contributed by atoms with van der Waals surface area (Å²) in [5.41, 5.74) is 0. The van der Waals surface area contributed by atoms with Crippen molar-refractivity contribution >= 4 is 10.4 Å². The molecule has 0 aromatic rings. The highest BCUT2D eigenvalue weighted by molar-refractivity contribution is 7.80. The molecule has 0 spiro atoms. The van der Waals surface area contributed by atoms with Crippen molar-refractivity contribution in [1.82, 2.24) is 0 Å². The van der Waals surface area contributed by atoms with E-state index in [9.17, 15) is 23.7 Å². The van der Waals surface area contributed by atoms with Gasteiger partial charge in [-0.15, -0.1) is 0 Å². The van der Waals surface area contributed by atoms with Crippen LogP contribution in [0, 0.1) is 0 Å². The zero-order chi connectivity index (χ0) is 13.4. The minimum absolute atomic E-state index is 0.741.